The number of nitrogens with one attached hydrogen (secondary N) is 3. The van der Waals surface area contributed by atoms with Gasteiger partial charge in [-0.15, -0.1) is 0 Å². The molecule has 3 N–H and O–H groups in total. The normalized spacial score (nSPS) is 25.5. The first-order valence-corrected chi connectivity index (χ1v) is 20.8. The standard InChI is InChI=1S/C41H51F3N8O6S/c1-25-22-49(23-26(2)50(25)24-36(54)47-29-8-5-7-28(19-29)46-34-15-16-35(53)48-37(34)55)17-6-18-58-31-12-10-30(11-13-31)51-39(57)52(38(56)40(51,3)4)59-32-14-9-27(21-45)33(20-32)41(42,43)44/h5,7-9,14,19-20,25-26,30-31,34,46H,6,10-13,15-18,22-24H2,1-4H3,(H,47,54)(H,48,53,55)/t25-,26+,30?,31?,34?. The number of anilines is 2. The van der Waals surface area contributed by atoms with Crippen LogP contribution in [0.1, 0.15) is 83.8 Å². The van der Waals surface area contributed by atoms with Crippen LogP contribution >= 0.6 is 11.9 Å². The highest BCUT2D eigenvalue weighted by Crippen LogP contribution is 2.42. The number of alkyl halides is 3. The molecule has 14 nitrogen and oxygen atoms in total. The zero-order valence-corrected chi connectivity index (χ0v) is 34.5. The van der Waals surface area contributed by atoms with Crippen LogP contribution in [0.25, 0.3) is 0 Å². The number of piperazine rings is 1. The number of nitriles is 1. The maximum atomic E-state index is 13.6. The minimum Gasteiger partial charge on any atom is -0.378 e. The molecule has 18 heteroatoms. The first-order chi connectivity index (χ1) is 27.9. The topological polar surface area (TPSA) is 167 Å². The van der Waals surface area contributed by atoms with Gasteiger partial charge in [0, 0.05) is 67.1 Å². The Labute approximate surface area is 346 Å². The molecule has 2 aromatic rings. The predicted octanol–water partition coefficient (Wildman–Crippen LogP) is 5.60. The predicted molar refractivity (Wildman–Crippen MR) is 214 cm³/mol. The SMILES string of the molecule is C[C@@H]1CN(CCCOC2CCC(N3C(=O)N(Sc4ccc(C#N)c(C(F)(F)F)c4)C(=O)C3(C)C)CC2)C[C@H](C)N1CC(=O)Nc1cccc(NC2CCC(=O)NC2=O)c1. The van der Waals surface area contributed by atoms with E-state index < -0.39 is 40.8 Å². The maximum Gasteiger partial charge on any atom is 0.417 e. The highest BCUT2D eigenvalue weighted by molar-refractivity contribution is 7.98. The number of carbonyl (C=O) groups excluding carboxylic acids is 5. The van der Waals surface area contributed by atoms with E-state index in [0.29, 0.717) is 62.0 Å². The van der Waals surface area contributed by atoms with E-state index in [1.807, 2.05) is 6.07 Å². The molecule has 4 fully saturated rings. The molecule has 0 bridgehead atoms. The minimum absolute atomic E-state index is 0.00907. The van der Waals surface area contributed by atoms with Crippen LogP contribution in [-0.2, 0) is 30.1 Å². The third-order valence-electron chi connectivity index (χ3n) is 11.5. The lowest BCUT2D eigenvalue weighted by Crippen LogP contribution is -2.58. The average molecular weight is 841 g/mol. The van der Waals surface area contributed by atoms with Crippen molar-refractivity contribution in [1.29, 1.82) is 5.26 Å². The number of piperidine rings is 1. The number of nitrogens with zero attached hydrogens (tertiary/aromatic N) is 5. The molecule has 3 saturated heterocycles. The number of rotatable bonds is 13. The van der Waals surface area contributed by atoms with Gasteiger partial charge in [0.15, 0.2) is 0 Å². The Hall–Kier alpha value is -4.70. The van der Waals surface area contributed by atoms with Crippen molar-refractivity contribution in [2.24, 2.45) is 0 Å². The molecule has 3 aliphatic heterocycles. The van der Waals surface area contributed by atoms with Gasteiger partial charge in [-0.3, -0.25) is 29.4 Å². The van der Waals surface area contributed by atoms with Crippen LogP contribution in [-0.4, -0.2) is 117 Å². The van der Waals surface area contributed by atoms with Crippen molar-refractivity contribution in [2.75, 3.05) is 43.4 Å². The third kappa shape index (κ3) is 10.4. The van der Waals surface area contributed by atoms with E-state index >= 15 is 0 Å². The van der Waals surface area contributed by atoms with E-state index in [0.717, 1.165) is 42.5 Å². The molecule has 2 aromatic carbocycles. The van der Waals surface area contributed by atoms with Gasteiger partial charge < -0.3 is 25.2 Å². The van der Waals surface area contributed by atoms with E-state index in [2.05, 4.69) is 39.6 Å². The van der Waals surface area contributed by atoms with E-state index in [-0.39, 0.29) is 59.8 Å². The Kier molecular flexibility index (Phi) is 13.6. The fourth-order valence-corrected chi connectivity index (χ4v) is 9.52. The second-order valence-electron chi connectivity index (χ2n) is 16.3. The maximum absolute atomic E-state index is 13.6. The van der Waals surface area contributed by atoms with Crippen LogP contribution in [0.5, 0.6) is 0 Å². The van der Waals surface area contributed by atoms with Gasteiger partial charge >= 0.3 is 12.2 Å². The summed E-state index contributed by atoms with van der Waals surface area (Å²) >= 11 is 0.636. The summed E-state index contributed by atoms with van der Waals surface area (Å²) in [5, 5.41) is 17.6. The lowest BCUT2D eigenvalue weighted by atomic mass is 9.89. The van der Waals surface area contributed by atoms with E-state index in [1.165, 1.54) is 6.07 Å². The number of benzene rings is 2. The van der Waals surface area contributed by atoms with Crippen molar-refractivity contribution in [3.8, 4) is 6.07 Å². The minimum atomic E-state index is -4.76. The summed E-state index contributed by atoms with van der Waals surface area (Å²) in [4.78, 5) is 69.9. The van der Waals surface area contributed by atoms with E-state index in [9.17, 15) is 37.1 Å². The largest absolute Gasteiger partial charge is 0.417 e. The number of urea groups is 1. The number of amides is 6. The van der Waals surface area contributed by atoms with Gasteiger partial charge in [-0.05, 0) is 115 Å². The number of imide groups is 2. The summed E-state index contributed by atoms with van der Waals surface area (Å²) in [6.07, 6.45) is -0.614. The van der Waals surface area contributed by atoms with Gasteiger partial charge in [-0.1, -0.05) is 6.07 Å². The summed E-state index contributed by atoms with van der Waals surface area (Å²) in [7, 11) is 0. The van der Waals surface area contributed by atoms with Gasteiger partial charge in [0.2, 0.25) is 17.7 Å². The molecule has 6 rings (SSSR count). The van der Waals surface area contributed by atoms with Crippen LogP contribution in [0, 0.1) is 11.3 Å². The van der Waals surface area contributed by atoms with Crippen LogP contribution < -0.4 is 16.0 Å². The van der Waals surface area contributed by atoms with Crippen molar-refractivity contribution in [1.82, 2.24) is 24.3 Å². The summed E-state index contributed by atoms with van der Waals surface area (Å²) in [6, 6.07) is 10.8. The zero-order chi connectivity index (χ0) is 42.6. The Morgan fingerprint density at radius 2 is 1.69 bits per heavy atom. The third-order valence-corrected chi connectivity index (χ3v) is 12.5. The average Bonchev–Trinajstić information content (AvgIpc) is 3.34. The molecule has 0 radical (unpaired) electrons. The summed E-state index contributed by atoms with van der Waals surface area (Å²) in [6.45, 7) is 10.8. The zero-order valence-electron chi connectivity index (χ0n) is 33.6. The molecule has 59 heavy (non-hydrogen) atoms. The Morgan fingerprint density at radius 3 is 2.36 bits per heavy atom. The molecule has 0 spiro atoms. The molecule has 3 heterocycles. The van der Waals surface area contributed by atoms with Crippen molar-refractivity contribution in [3.05, 3.63) is 53.6 Å². The quantitative estimate of drug-likeness (QED) is 0.0996. The highest BCUT2D eigenvalue weighted by atomic mass is 32.2. The molecule has 318 valence electrons. The number of carbonyl (C=O) groups is 5. The number of halogens is 3. The molecular formula is C41H51F3N8O6S. The number of ether oxygens (including phenoxy) is 1. The van der Waals surface area contributed by atoms with Crippen molar-refractivity contribution in [2.45, 2.75) is 120 Å². The first-order valence-electron chi connectivity index (χ1n) is 20.0. The van der Waals surface area contributed by atoms with Gasteiger partial charge in [0.1, 0.15) is 11.6 Å². The Bertz CT molecular complexity index is 1960. The van der Waals surface area contributed by atoms with Crippen LogP contribution in [0.3, 0.4) is 0 Å². The van der Waals surface area contributed by atoms with Gasteiger partial charge in [0.05, 0.1) is 29.8 Å². The van der Waals surface area contributed by atoms with Crippen molar-refractivity contribution < 1.29 is 41.9 Å². The first kappa shape index (κ1) is 43.9. The van der Waals surface area contributed by atoms with Crippen LogP contribution in [0.4, 0.5) is 29.3 Å². The van der Waals surface area contributed by atoms with Crippen molar-refractivity contribution in [3.63, 3.8) is 0 Å². The molecule has 1 saturated carbocycles. The molecule has 4 aliphatic rings. The second kappa shape index (κ2) is 18.3. The monoisotopic (exact) mass is 840 g/mol. The Balaban J connectivity index is 0.908. The summed E-state index contributed by atoms with van der Waals surface area (Å²) in [5.74, 6) is -1.29. The van der Waals surface area contributed by atoms with Gasteiger partial charge in [0.25, 0.3) is 5.91 Å². The fraction of sp³-hybridized carbons (Fsp3) is 0.561. The lowest BCUT2D eigenvalue weighted by Gasteiger charge is -2.44. The fourth-order valence-electron chi connectivity index (χ4n) is 8.54. The van der Waals surface area contributed by atoms with Crippen molar-refractivity contribution >= 4 is 53.0 Å². The van der Waals surface area contributed by atoms with Crippen LogP contribution in [0.15, 0.2) is 47.4 Å². The number of hydrogen-bond acceptors (Lipinski definition) is 11. The molecule has 3 atom stereocenters. The Morgan fingerprint density at radius 1 is 1.00 bits per heavy atom. The van der Waals surface area contributed by atoms with Gasteiger partial charge in [-0.2, -0.15) is 22.7 Å². The van der Waals surface area contributed by atoms with Gasteiger partial charge in [-0.25, -0.2) is 4.79 Å². The van der Waals surface area contributed by atoms with E-state index in [1.54, 1.807) is 43.0 Å². The second-order valence-corrected chi connectivity index (χ2v) is 17.3. The number of hydrogen-bond donors (Lipinski definition) is 3. The smallest absolute Gasteiger partial charge is 0.378 e. The molecule has 1 aliphatic carbocycles. The summed E-state index contributed by atoms with van der Waals surface area (Å²) in [5.41, 5.74) is -1.56. The lowest BCUT2D eigenvalue weighted by molar-refractivity contribution is -0.138. The van der Waals surface area contributed by atoms with Crippen LogP contribution in [0.2, 0.25) is 0 Å². The summed E-state index contributed by atoms with van der Waals surface area (Å²) < 4.78 is 47.9. The molecule has 0 aromatic heterocycles. The molecule has 1 unspecified atom stereocenters. The van der Waals surface area contributed by atoms with E-state index in [4.69, 9.17) is 10.00 Å². The molecular weight excluding hydrogens is 790 g/mol. The highest BCUT2D eigenvalue weighted by Gasteiger charge is 2.55. The molecule has 6 amide bonds.